The Hall–Kier alpha value is -2.20. The molecule has 1 N–H and O–H groups in total. The zero-order chi connectivity index (χ0) is 19.1. The van der Waals surface area contributed by atoms with Gasteiger partial charge >= 0.3 is 0 Å². The van der Waals surface area contributed by atoms with E-state index < -0.39 is 0 Å². The molecule has 138 valence electrons. The predicted octanol–water partition coefficient (Wildman–Crippen LogP) is 6.35. The van der Waals surface area contributed by atoms with Crippen LogP contribution in [0.5, 0.6) is 5.75 Å². The van der Waals surface area contributed by atoms with E-state index in [0.717, 1.165) is 22.4 Å². The molecule has 0 saturated heterocycles. The zero-order valence-electron chi connectivity index (χ0n) is 14.3. The van der Waals surface area contributed by atoms with E-state index in [0.29, 0.717) is 28.2 Å². The Bertz CT molecular complexity index is 944. The summed E-state index contributed by atoms with van der Waals surface area (Å²) in [7, 11) is 0. The summed E-state index contributed by atoms with van der Waals surface area (Å²) < 4.78 is 5.91. The van der Waals surface area contributed by atoms with Crippen molar-refractivity contribution in [2.24, 2.45) is 5.10 Å². The molecule has 6 heteroatoms. The van der Waals surface area contributed by atoms with Crippen molar-refractivity contribution in [2.45, 2.75) is 13.2 Å². The molecule has 3 rings (SSSR count). The molecule has 0 atom stereocenters. The van der Waals surface area contributed by atoms with E-state index in [-0.39, 0.29) is 0 Å². The standard InChI is InChI=1S/C21H17Cl3N2O/c22-18-7-3-1-5-16(18)12-25-26-13-17-6-2-4-8-21(17)27-14-15-9-10-19(23)20(24)11-15/h1-11,13,25H,12,14H2/b26-13-. The highest BCUT2D eigenvalue weighted by molar-refractivity contribution is 6.42. The van der Waals surface area contributed by atoms with Gasteiger partial charge < -0.3 is 10.2 Å². The summed E-state index contributed by atoms with van der Waals surface area (Å²) in [6.07, 6.45) is 1.72. The number of nitrogens with zero attached hydrogens (tertiary/aromatic N) is 1. The number of benzene rings is 3. The van der Waals surface area contributed by atoms with Gasteiger partial charge in [0.1, 0.15) is 12.4 Å². The number of hydrogen-bond donors (Lipinski definition) is 1. The van der Waals surface area contributed by atoms with Crippen LogP contribution in [0.25, 0.3) is 0 Å². The Labute approximate surface area is 173 Å². The van der Waals surface area contributed by atoms with Crippen LogP contribution in [-0.4, -0.2) is 6.21 Å². The minimum Gasteiger partial charge on any atom is -0.488 e. The summed E-state index contributed by atoms with van der Waals surface area (Å²) in [6.45, 7) is 0.928. The molecule has 0 amide bonds. The average Bonchev–Trinajstić information content (AvgIpc) is 2.68. The summed E-state index contributed by atoms with van der Waals surface area (Å²) in [5, 5.41) is 6.02. The Morgan fingerprint density at radius 1 is 0.852 bits per heavy atom. The fraction of sp³-hybridized carbons (Fsp3) is 0.0952. The summed E-state index contributed by atoms with van der Waals surface area (Å²) >= 11 is 18.1. The lowest BCUT2D eigenvalue weighted by molar-refractivity contribution is 0.306. The highest BCUT2D eigenvalue weighted by atomic mass is 35.5. The lowest BCUT2D eigenvalue weighted by Gasteiger charge is -2.10. The van der Waals surface area contributed by atoms with Crippen molar-refractivity contribution < 1.29 is 4.74 Å². The largest absolute Gasteiger partial charge is 0.488 e. The van der Waals surface area contributed by atoms with Crippen LogP contribution in [0, 0.1) is 0 Å². The van der Waals surface area contributed by atoms with Crippen molar-refractivity contribution in [2.75, 3.05) is 0 Å². The predicted molar refractivity (Wildman–Crippen MR) is 113 cm³/mol. The molecule has 0 spiro atoms. The normalized spacial score (nSPS) is 10.9. The van der Waals surface area contributed by atoms with Gasteiger partial charge in [0, 0.05) is 10.6 Å². The molecule has 3 nitrogen and oxygen atoms in total. The van der Waals surface area contributed by atoms with E-state index in [1.54, 1.807) is 18.3 Å². The molecule has 0 radical (unpaired) electrons. The molecule has 0 aliphatic rings. The van der Waals surface area contributed by atoms with Crippen molar-refractivity contribution >= 4 is 41.0 Å². The van der Waals surface area contributed by atoms with Crippen LogP contribution in [-0.2, 0) is 13.2 Å². The van der Waals surface area contributed by atoms with E-state index in [9.17, 15) is 0 Å². The molecule has 0 bridgehead atoms. The van der Waals surface area contributed by atoms with Gasteiger partial charge in [0.25, 0.3) is 0 Å². The van der Waals surface area contributed by atoms with Gasteiger partial charge in [-0.05, 0) is 41.5 Å². The van der Waals surface area contributed by atoms with Gasteiger partial charge in [-0.2, -0.15) is 5.10 Å². The lowest BCUT2D eigenvalue weighted by Crippen LogP contribution is -2.06. The molecule has 0 saturated carbocycles. The summed E-state index contributed by atoms with van der Waals surface area (Å²) in [4.78, 5) is 0. The van der Waals surface area contributed by atoms with E-state index in [1.165, 1.54) is 0 Å². The number of rotatable bonds is 7. The van der Waals surface area contributed by atoms with E-state index >= 15 is 0 Å². The number of hydrogen-bond acceptors (Lipinski definition) is 3. The quantitative estimate of drug-likeness (QED) is 0.357. The van der Waals surface area contributed by atoms with Crippen molar-refractivity contribution in [3.63, 3.8) is 0 Å². The first-order valence-electron chi connectivity index (χ1n) is 8.28. The first-order valence-corrected chi connectivity index (χ1v) is 9.42. The second-order valence-electron chi connectivity index (χ2n) is 5.76. The minimum absolute atomic E-state index is 0.384. The van der Waals surface area contributed by atoms with Crippen LogP contribution >= 0.6 is 34.8 Å². The molecule has 0 heterocycles. The van der Waals surface area contributed by atoms with Crippen molar-refractivity contribution in [3.05, 3.63) is 98.5 Å². The SMILES string of the molecule is Clc1ccc(COc2ccccc2/C=N\NCc2ccccc2Cl)cc1Cl. The number of nitrogens with one attached hydrogen (secondary N) is 1. The topological polar surface area (TPSA) is 33.6 Å². The number of hydrazone groups is 1. The van der Waals surface area contributed by atoms with Gasteiger partial charge in [0.15, 0.2) is 0 Å². The van der Waals surface area contributed by atoms with Crippen LogP contribution < -0.4 is 10.2 Å². The number of ether oxygens (including phenoxy) is 1. The maximum atomic E-state index is 6.14. The molecule has 0 unspecified atom stereocenters. The van der Waals surface area contributed by atoms with Crippen LogP contribution in [0.15, 0.2) is 71.8 Å². The first-order chi connectivity index (χ1) is 13.1. The van der Waals surface area contributed by atoms with E-state index in [1.807, 2.05) is 54.6 Å². The smallest absolute Gasteiger partial charge is 0.128 e. The van der Waals surface area contributed by atoms with Crippen LogP contribution in [0.1, 0.15) is 16.7 Å². The van der Waals surface area contributed by atoms with Gasteiger partial charge in [-0.25, -0.2) is 0 Å². The zero-order valence-corrected chi connectivity index (χ0v) is 16.6. The Morgan fingerprint density at radius 3 is 2.44 bits per heavy atom. The molecule has 27 heavy (non-hydrogen) atoms. The molecule has 0 aromatic heterocycles. The van der Waals surface area contributed by atoms with E-state index in [2.05, 4.69) is 10.5 Å². The third kappa shape index (κ3) is 5.64. The third-order valence-electron chi connectivity index (χ3n) is 3.82. The van der Waals surface area contributed by atoms with Crippen LogP contribution in [0.4, 0.5) is 0 Å². The molecule has 0 aliphatic carbocycles. The minimum atomic E-state index is 0.384. The van der Waals surface area contributed by atoms with Gasteiger partial charge in [-0.3, -0.25) is 0 Å². The Morgan fingerprint density at radius 2 is 1.63 bits per heavy atom. The van der Waals surface area contributed by atoms with Crippen molar-refractivity contribution in [3.8, 4) is 5.75 Å². The maximum Gasteiger partial charge on any atom is 0.128 e. The molecule has 3 aromatic rings. The van der Waals surface area contributed by atoms with Crippen LogP contribution in [0.3, 0.4) is 0 Å². The van der Waals surface area contributed by atoms with Gasteiger partial charge in [-0.1, -0.05) is 71.2 Å². The fourth-order valence-electron chi connectivity index (χ4n) is 2.40. The van der Waals surface area contributed by atoms with E-state index in [4.69, 9.17) is 39.5 Å². The molecular formula is C21H17Cl3N2O. The highest BCUT2D eigenvalue weighted by Gasteiger charge is 2.04. The average molecular weight is 420 g/mol. The molecule has 0 aliphatic heterocycles. The molecule has 0 fully saturated rings. The van der Waals surface area contributed by atoms with Crippen LogP contribution in [0.2, 0.25) is 15.1 Å². The fourth-order valence-corrected chi connectivity index (χ4v) is 2.92. The summed E-state index contributed by atoms with van der Waals surface area (Å²) in [5.74, 6) is 0.729. The third-order valence-corrected chi connectivity index (χ3v) is 4.93. The number of halogens is 3. The molecule has 3 aromatic carbocycles. The Kier molecular flexibility index (Phi) is 6.99. The van der Waals surface area contributed by atoms with Gasteiger partial charge in [0.2, 0.25) is 0 Å². The van der Waals surface area contributed by atoms with Gasteiger partial charge in [0.05, 0.1) is 22.8 Å². The monoisotopic (exact) mass is 418 g/mol. The second kappa shape index (κ2) is 9.65. The highest BCUT2D eigenvalue weighted by Crippen LogP contribution is 2.24. The molecular weight excluding hydrogens is 403 g/mol. The number of para-hydroxylation sites is 1. The summed E-state index contributed by atoms with van der Waals surface area (Å²) in [6, 6.07) is 20.8. The van der Waals surface area contributed by atoms with Gasteiger partial charge in [-0.15, -0.1) is 0 Å². The van der Waals surface area contributed by atoms with Crippen molar-refractivity contribution in [1.29, 1.82) is 0 Å². The summed E-state index contributed by atoms with van der Waals surface area (Å²) in [5.41, 5.74) is 5.79. The Balaban J connectivity index is 1.61. The van der Waals surface area contributed by atoms with Crippen molar-refractivity contribution in [1.82, 2.24) is 5.43 Å². The maximum absolute atomic E-state index is 6.14. The second-order valence-corrected chi connectivity index (χ2v) is 6.98. The first kappa shape index (κ1) is 19.6. The lowest BCUT2D eigenvalue weighted by atomic mass is 10.2.